The lowest BCUT2D eigenvalue weighted by Crippen LogP contribution is -2.38. The van der Waals surface area contributed by atoms with Gasteiger partial charge in [0.25, 0.3) is 0 Å². The van der Waals surface area contributed by atoms with Crippen LogP contribution in [0, 0.1) is 6.92 Å². The average molecular weight is 271 g/mol. The van der Waals surface area contributed by atoms with Gasteiger partial charge in [-0.3, -0.25) is 0 Å². The highest BCUT2D eigenvalue weighted by atomic mass is 35.5. The normalized spacial score (nSPS) is 18.8. The van der Waals surface area contributed by atoms with Gasteiger partial charge < -0.3 is 9.47 Å². The monoisotopic (exact) mass is 270 g/mol. The summed E-state index contributed by atoms with van der Waals surface area (Å²) < 4.78 is 11.4. The summed E-state index contributed by atoms with van der Waals surface area (Å²) in [6, 6.07) is 0. The van der Waals surface area contributed by atoms with Crippen LogP contribution in [0.4, 0.5) is 0 Å². The third-order valence-corrected chi connectivity index (χ3v) is 3.58. The number of hydrogen-bond donors (Lipinski definition) is 0. The second-order valence-electron chi connectivity index (χ2n) is 4.50. The van der Waals surface area contributed by atoms with Gasteiger partial charge in [0.05, 0.1) is 11.6 Å². The SMILES string of the molecule is CCOC1(c2ncc(C)c(CCl)n2)CCOCC1. The minimum atomic E-state index is -0.401. The molecule has 2 heterocycles. The smallest absolute Gasteiger partial charge is 0.160 e. The van der Waals surface area contributed by atoms with Crippen LogP contribution in [0.2, 0.25) is 0 Å². The lowest BCUT2D eigenvalue weighted by molar-refractivity contribution is -0.118. The third-order valence-electron chi connectivity index (χ3n) is 3.33. The van der Waals surface area contributed by atoms with Crippen molar-refractivity contribution in [3.8, 4) is 0 Å². The summed E-state index contributed by atoms with van der Waals surface area (Å²) in [7, 11) is 0. The molecule has 0 N–H and O–H groups in total. The van der Waals surface area contributed by atoms with E-state index >= 15 is 0 Å². The van der Waals surface area contributed by atoms with Gasteiger partial charge in [-0.05, 0) is 19.4 Å². The molecule has 0 aromatic carbocycles. The Morgan fingerprint density at radius 1 is 1.44 bits per heavy atom. The van der Waals surface area contributed by atoms with E-state index in [0.717, 1.165) is 29.9 Å². The fraction of sp³-hybridized carbons (Fsp3) is 0.692. The van der Waals surface area contributed by atoms with Gasteiger partial charge in [0.2, 0.25) is 0 Å². The summed E-state index contributed by atoms with van der Waals surface area (Å²) in [5.41, 5.74) is 1.50. The summed E-state index contributed by atoms with van der Waals surface area (Å²) in [6.07, 6.45) is 3.42. The largest absolute Gasteiger partial charge is 0.381 e. The van der Waals surface area contributed by atoms with Crippen LogP contribution >= 0.6 is 11.6 Å². The number of rotatable bonds is 4. The number of hydrogen-bond acceptors (Lipinski definition) is 4. The number of nitrogens with zero attached hydrogens (tertiary/aromatic N) is 2. The highest BCUT2D eigenvalue weighted by Crippen LogP contribution is 2.34. The maximum Gasteiger partial charge on any atom is 0.160 e. The molecule has 0 saturated carbocycles. The Balaban J connectivity index is 2.35. The molecule has 18 heavy (non-hydrogen) atoms. The van der Waals surface area contributed by atoms with Crippen molar-refractivity contribution in [3.63, 3.8) is 0 Å². The predicted octanol–water partition coefficient (Wildman–Crippen LogP) is 2.57. The Labute approximate surface area is 113 Å². The van der Waals surface area contributed by atoms with E-state index in [9.17, 15) is 0 Å². The van der Waals surface area contributed by atoms with E-state index in [1.165, 1.54) is 0 Å². The minimum absolute atomic E-state index is 0.401. The molecule has 0 bridgehead atoms. The highest BCUT2D eigenvalue weighted by Gasteiger charge is 2.38. The van der Waals surface area contributed by atoms with Gasteiger partial charge >= 0.3 is 0 Å². The summed E-state index contributed by atoms with van der Waals surface area (Å²) in [4.78, 5) is 9.03. The van der Waals surface area contributed by atoms with E-state index in [4.69, 9.17) is 21.1 Å². The molecule has 1 aromatic heterocycles. The van der Waals surface area contributed by atoms with Crippen molar-refractivity contribution in [1.82, 2.24) is 9.97 Å². The summed E-state index contributed by atoms with van der Waals surface area (Å²) in [5.74, 6) is 1.15. The summed E-state index contributed by atoms with van der Waals surface area (Å²) in [6.45, 7) is 5.99. The zero-order valence-corrected chi connectivity index (χ0v) is 11.7. The Morgan fingerprint density at radius 3 is 2.78 bits per heavy atom. The standard InChI is InChI=1S/C13H19ClN2O2/c1-3-18-13(4-6-17-7-5-13)12-15-9-10(2)11(8-14)16-12/h9H,3-8H2,1-2H3. The van der Waals surface area contributed by atoms with Gasteiger partial charge in [0.1, 0.15) is 5.60 Å². The number of aryl methyl sites for hydroxylation is 1. The van der Waals surface area contributed by atoms with Crippen molar-refractivity contribution in [1.29, 1.82) is 0 Å². The Morgan fingerprint density at radius 2 is 2.17 bits per heavy atom. The van der Waals surface area contributed by atoms with Crippen LogP contribution in [0.3, 0.4) is 0 Å². The van der Waals surface area contributed by atoms with Crippen molar-refractivity contribution < 1.29 is 9.47 Å². The van der Waals surface area contributed by atoms with Gasteiger partial charge in [-0.25, -0.2) is 9.97 Å². The highest BCUT2D eigenvalue weighted by molar-refractivity contribution is 6.16. The van der Waals surface area contributed by atoms with Crippen molar-refractivity contribution in [2.24, 2.45) is 0 Å². The van der Waals surface area contributed by atoms with Crippen molar-refractivity contribution in [3.05, 3.63) is 23.3 Å². The average Bonchev–Trinajstić information content (AvgIpc) is 2.40. The van der Waals surface area contributed by atoms with E-state index in [0.29, 0.717) is 25.7 Å². The molecule has 0 spiro atoms. The first-order valence-electron chi connectivity index (χ1n) is 6.32. The van der Waals surface area contributed by atoms with Gasteiger partial charge in [0.15, 0.2) is 5.82 Å². The maximum absolute atomic E-state index is 5.95. The molecule has 1 aliphatic rings. The quantitative estimate of drug-likeness (QED) is 0.789. The number of aromatic nitrogens is 2. The van der Waals surface area contributed by atoms with Crippen LogP contribution in [-0.2, 0) is 21.0 Å². The van der Waals surface area contributed by atoms with Gasteiger partial charge in [0, 0.05) is 38.9 Å². The van der Waals surface area contributed by atoms with E-state index in [1.54, 1.807) is 0 Å². The molecule has 1 saturated heterocycles. The number of ether oxygens (including phenoxy) is 2. The van der Waals surface area contributed by atoms with Crippen LogP contribution < -0.4 is 0 Å². The molecule has 1 fully saturated rings. The predicted molar refractivity (Wildman–Crippen MR) is 69.7 cm³/mol. The van der Waals surface area contributed by atoms with Crippen LogP contribution in [-0.4, -0.2) is 29.8 Å². The van der Waals surface area contributed by atoms with E-state index in [1.807, 2.05) is 20.0 Å². The van der Waals surface area contributed by atoms with Crippen molar-refractivity contribution in [2.75, 3.05) is 19.8 Å². The lowest BCUT2D eigenvalue weighted by atomic mass is 9.92. The van der Waals surface area contributed by atoms with Crippen LogP contribution in [0.25, 0.3) is 0 Å². The molecule has 4 nitrogen and oxygen atoms in total. The van der Waals surface area contributed by atoms with Crippen LogP contribution in [0.15, 0.2) is 6.20 Å². The molecule has 5 heteroatoms. The van der Waals surface area contributed by atoms with E-state index < -0.39 is 5.60 Å². The molecular formula is C13H19ClN2O2. The Hall–Kier alpha value is -0.710. The number of alkyl halides is 1. The van der Waals surface area contributed by atoms with Crippen molar-refractivity contribution in [2.45, 2.75) is 38.2 Å². The van der Waals surface area contributed by atoms with Gasteiger partial charge in [-0.1, -0.05) is 0 Å². The van der Waals surface area contributed by atoms with E-state index in [2.05, 4.69) is 9.97 Å². The third kappa shape index (κ3) is 2.66. The van der Waals surface area contributed by atoms with Crippen LogP contribution in [0.5, 0.6) is 0 Å². The first kappa shape index (κ1) is 13.7. The second-order valence-corrected chi connectivity index (χ2v) is 4.76. The fourth-order valence-electron chi connectivity index (χ4n) is 2.24. The molecule has 0 amide bonds. The first-order valence-corrected chi connectivity index (χ1v) is 6.86. The molecule has 0 aliphatic carbocycles. The maximum atomic E-state index is 5.95. The van der Waals surface area contributed by atoms with Crippen LogP contribution in [0.1, 0.15) is 36.8 Å². The lowest BCUT2D eigenvalue weighted by Gasteiger charge is -2.35. The zero-order chi connectivity index (χ0) is 13.0. The number of halogens is 1. The van der Waals surface area contributed by atoms with Gasteiger partial charge in [-0.2, -0.15) is 0 Å². The first-order chi connectivity index (χ1) is 8.72. The topological polar surface area (TPSA) is 44.2 Å². The van der Waals surface area contributed by atoms with E-state index in [-0.39, 0.29) is 0 Å². The molecule has 0 radical (unpaired) electrons. The molecule has 1 aliphatic heterocycles. The Kier molecular flexibility index (Phi) is 4.54. The van der Waals surface area contributed by atoms with Gasteiger partial charge in [-0.15, -0.1) is 11.6 Å². The molecule has 0 unspecified atom stereocenters. The molecule has 0 atom stereocenters. The van der Waals surface area contributed by atoms with Crippen molar-refractivity contribution >= 4 is 11.6 Å². The summed E-state index contributed by atoms with van der Waals surface area (Å²) in [5, 5.41) is 0. The second kappa shape index (κ2) is 5.95. The molecule has 100 valence electrons. The minimum Gasteiger partial charge on any atom is -0.381 e. The Bertz CT molecular complexity index is 400. The fourth-order valence-corrected chi connectivity index (χ4v) is 2.51. The molecule has 2 rings (SSSR count). The zero-order valence-electron chi connectivity index (χ0n) is 10.9. The molecular weight excluding hydrogens is 252 g/mol. The summed E-state index contributed by atoms with van der Waals surface area (Å²) >= 11 is 5.91. The molecule has 1 aromatic rings.